The van der Waals surface area contributed by atoms with Crippen molar-refractivity contribution in [3.05, 3.63) is 71.8 Å². The summed E-state index contributed by atoms with van der Waals surface area (Å²) in [7, 11) is 0. The average Bonchev–Trinajstić information content (AvgIpc) is 2.64. The van der Waals surface area contributed by atoms with Crippen molar-refractivity contribution in [2.24, 2.45) is 5.41 Å². The van der Waals surface area contributed by atoms with Crippen LogP contribution in [-0.4, -0.2) is 22.5 Å². The molecule has 25 heavy (non-hydrogen) atoms. The minimum absolute atomic E-state index is 0.100. The molecule has 4 heteroatoms. The predicted octanol–water partition coefficient (Wildman–Crippen LogP) is 4.54. The number of carbonyl (C=O) groups excluding carboxylic acids is 2. The second kappa shape index (κ2) is 7.01. The molecule has 0 saturated carbocycles. The Labute approximate surface area is 153 Å². The summed E-state index contributed by atoms with van der Waals surface area (Å²) in [6.45, 7) is 3.84. The van der Waals surface area contributed by atoms with E-state index < -0.39 is 5.41 Å². The molecule has 1 amide bonds. The molecule has 130 valence electrons. The molecule has 2 aromatic rings. The van der Waals surface area contributed by atoms with E-state index in [0.29, 0.717) is 6.42 Å². The zero-order chi connectivity index (χ0) is 18.0. The van der Waals surface area contributed by atoms with Gasteiger partial charge in [0.25, 0.3) is 0 Å². The lowest BCUT2D eigenvalue weighted by atomic mass is 9.69. The smallest absolute Gasteiger partial charge is 0.238 e. The molecule has 0 radical (unpaired) electrons. The highest BCUT2D eigenvalue weighted by atomic mass is 35.5. The summed E-state index contributed by atoms with van der Waals surface area (Å²) >= 11 is 5.94. The van der Waals surface area contributed by atoms with Crippen molar-refractivity contribution in [2.45, 2.75) is 32.4 Å². The van der Waals surface area contributed by atoms with E-state index in [1.54, 1.807) is 0 Å². The molecule has 3 rings (SSSR count). The molecule has 2 atom stereocenters. The van der Waals surface area contributed by atoms with Gasteiger partial charge in [0, 0.05) is 11.8 Å². The quantitative estimate of drug-likeness (QED) is 0.758. The lowest BCUT2D eigenvalue weighted by molar-refractivity contribution is -0.151. The predicted molar refractivity (Wildman–Crippen MR) is 99.3 cm³/mol. The first-order valence-corrected chi connectivity index (χ1v) is 9.00. The van der Waals surface area contributed by atoms with Crippen LogP contribution >= 0.6 is 11.6 Å². The number of Topliss-reactive ketones (excluding diaryl/α,β-unsaturated/α-hetero) is 1. The molecule has 1 saturated heterocycles. The molecule has 0 aromatic heterocycles. The van der Waals surface area contributed by atoms with Crippen LogP contribution in [0.25, 0.3) is 0 Å². The van der Waals surface area contributed by atoms with Gasteiger partial charge in [0.1, 0.15) is 11.7 Å². The number of likely N-dealkylation sites (tertiary alicyclic amines) is 1. The second-order valence-electron chi connectivity index (χ2n) is 7.02. The molecule has 0 N–H and O–H groups in total. The van der Waals surface area contributed by atoms with Crippen LogP contribution in [0.4, 0.5) is 0 Å². The Morgan fingerprint density at radius 2 is 1.56 bits per heavy atom. The fourth-order valence-electron chi connectivity index (χ4n) is 3.77. The molecule has 1 fully saturated rings. The summed E-state index contributed by atoms with van der Waals surface area (Å²) in [4.78, 5) is 27.6. The molecule has 1 aliphatic heterocycles. The van der Waals surface area contributed by atoms with E-state index in [1.165, 1.54) is 0 Å². The molecule has 1 aliphatic rings. The maximum Gasteiger partial charge on any atom is 0.238 e. The van der Waals surface area contributed by atoms with Crippen LogP contribution in [0.15, 0.2) is 60.7 Å². The van der Waals surface area contributed by atoms with E-state index in [-0.39, 0.29) is 29.7 Å². The number of hydrogen-bond acceptors (Lipinski definition) is 2. The van der Waals surface area contributed by atoms with Crippen molar-refractivity contribution in [1.82, 2.24) is 4.90 Å². The van der Waals surface area contributed by atoms with Gasteiger partial charge < -0.3 is 4.90 Å². The Kier molecular flexibility index (Phi) is 4.96. The van der Waals surface area contributed by atoms with Crippen LogP contribution in [0.2, 0.25) is 0 Å². The van der Waals surface area contributed by atoms with Gasteiger partial charge in [0.2, 0.25) is 5.91 Å². The van der Waals surface area contributed by atoms with Gasteiger partial charge in [-0.1, -0.05) is 74.5 Å². The van der Waals surface area contributed by atoms with Gasteiger partial charge in [-0.2, -0.15) is 0 Å². The zero-order valence-electron chi connectivity index (χ0n) is 14.5. The van der Waals surface area contributed by atoms with E-state index >= 15 is 0 Å². The molecule has 2 aromatic carbocycles. The first-order valence-electron chi connectivity index (χ1n) is 8.47. The van der Waals surface area contributed by atoms with Crippen LogP contribution in [0, 0.1) is 5.41 Å². The maximum atomic E-state index is 13.0. The summed E-state index contributed by atoms with van der Waals surface area (Å²) in [6.07, 6.45) is 0.309. The number of piperidine rings is 1. The third-order valence-corrected chi connectivity index (χ3v) is 5.33. The number of nitrogens with zero attached hydrogens (tertiary/aromatic N) is 1. The highest BCUT2D eigenvalue weighted by Gasteiger charge is 2.50. The minimum atomic E-state index is -0.672. The number of hydrogen-bond donors (Lipinski definition) is 0. The van der Waals surface area contributed by atoms with Crippen LogP contribution < -0.4 is 0 Å². The van der Waals surface area contributed by atoms with Gasteiger partial charge in [0.05, 0.1) is 12.1 Å². The maximum absolute atomic E-state index is 13.0. The Balaban J connectivity index is 2.16. The van der Waals surface area contributed by atoms with Crippen LogP contribution in [0.3, 0.4) is 0 Å². The standard InChI is InChI=1S/C21H22ClNO2/c1-21(2)18(24)13-17(15-9-5-3-6-10-15)23(19(25)14-22)20(21)16-11-7-4-8-12-16/h3-12,17,20H,13-14H2,1-2H3/t17-,20-/m0/s1. The Bertz CT molecular complexity index is 758. The number of rotatable bonds is 3. The Morgan fingerprint density at radius 1 is 1.04 bits per heavy atom. The molecule has 1 heterocycles. The highest BCUT2D eigenvalue weighted by Crippen LogP contribution is 2.49. The second-order valence-corrected chi connectivity index (χ2v) is 7.29. The summed E-state index contributed by atoms with van der Waals surface area (Å²) in [6, 6.07) is 18.8. The molecule has 0 bridgehead atoms. The number of alkyl halides is 1. The summed E-state index contributed by atoms with van der Waals surface area (Å²) < 4.78 is 0. The van der Waals surface area contributed by atoms with Crippen LogP contribution in [0.1, 0.15) is 43.5 Å². The van der Waals surface area contributed by atoms with Gasteiger partial charge in [-0.15, -0.1) is 11.6 Å². The third kappa shape index (κ3) is 3.21. The Hall–Kier alpha value is -2.13. The number of carbonyl (C=O) groups is 2. The van der Waals surface area contributed by atoms with Crippen molar-refractivity contribution in [3.63, 3.8) is 0 Å². The lowest BCUT2D eigenvalue weighted by Gasteiger charge is -2.50. The van der Waals surface area contributed by atoms with Gasteiger partial charge in [-0.05, 0) is 11.1 Å². The van der Waals surface area contributed by atoms with E-state index in [1.807, 2.05) is 79.4 Å². The van der Waals surface area contributed by atoms with Gasteiger partial charge in [-0.3, -0.25) is 9.59 Å². The average molecular weight is 356 g/mol. The zero-order valence-corrected chi connectivity index (χ0v) is 15.2. The normalized spacial score (nSPS) is 22.7. The first kappa shape index (κ1) is 17.7. The topological polar surface area (TPSA) is 37.4 Å². The van der Waals surface area contributed by atoms with Crippen LogP contribution in [-0.2, 0) is 9.59 Å². The monoisotopic (exact) mass is 355 g/mol. The minimum Gasteiger partial charge on any atom is -0.326 e. The molecule has 0 aliphatic carbocycles. The van der Waals surface area contributed by atoms with E-state index in [0.717, 1.165) is 11.1 Å². The van der Waals surface area contributed by atoms with E-state index in [2.05, 4.69) is 0 Å². The van der Waals surface area contributed by atoms with E-state index in [4.69, 9.17) is 11.6 Å². The first-order chi connectivity index (χ1) is 12.0. The number of benzene rings is 2. The SMILES string of the molecule is CC1(C)C(=O)C[C@@H](c2ccccc2)N(C(=O)CCl)[C@H]1c1ccccc1. The summed E-state index contributed by atoms with van der Waals surface area (Å²) in [5.74, 6) is -0.0875. The van der Waals surface area contributed by atoms with Gasteiger partial charge in [0.15, 0.2) is 0 Å². The molecular formula is C21H22ClNO2. The van der Waals surface area contributed by atoms with Crippen LogP contribution in [0.5, 0.6) is 0 Å². The molecule has 3 nitrogen and oxygen atoms in total. The van der Waals surface area contributed by atoms with Gasteiger partial charge >= 0.3 is 0 Å². The highest BCUT2D eigenvalue weighted by molar-refractivity contribution is 6.27. The van der Waals surface area contributed by atoms with Crippen molar-refractivity contribution in [2.75, 3.05) is 5.88 Å². The van der Waals surface area contributed by atoms with Crippen molar-refractivity contribution < 1.29 is 9.59 Å². The molecule has 0 unspecified atom stereocenters. The summed E-state index contributed by atoms with van der Waals surface area (Å²) in [5.41, 5.74) is 1.25. The molecule has 0 spiro atoms. The largest absolute Gasteiger partial charge is 0.326 e. The fourth-order valence-corrected chi connectivity index (χ4v) is 3.91. The van der Waals surface area contributed by atoms with Gasteiger partial charge in [-0.25, -0.2) is 0 Å². The van der Waals surface area contributed by atoms with E-state index in [9.17, 15) is 9.59 Å². The lowest BCUT2D eigenvalue weighted by Crippen LogP contribution is -2.52. The Morgan fingerprint density at radius 3 is 2.08 bits per heavy atom. The van der Waals surface area contributed by atoms with Crippen molar-refractivity contribution in [1.29, 1.82) is 0 Å². The molecular weight excluding hydrogens is 334 g/mol. The number of ketones is 1. The number of halogens is 1. The third-order valence-electron chi connectivity index (χ3n) is 5.10. The summed E-state index contributed by atoms with van der Waals surface area (Å²) in [5, 5.41) is 0. The van der Waals surface area contributed by atoms with Crippen molar-refractivity contribution in [3.8, 4) is 0 Å². The van der Waals surface area contributed by atoms with Crippen molar-refractivity contribution >= 4 is 23.3 Å². The fraction of sp³-hybridized carbons (Fsp3) is 0.333. The number of amides is 1.